The van der Waals surface area contributed by atoms with Crippen molar-refractivity contribution in [2.45, 2.75) is 17.9 Å². The first kappa shape index (κ1) is 11.0. The lowest BCUT2D eigenvalue weighted by molar-refractivity contribution is 0.475. The Bertz CT molecular complexity index is 413. The van der Waals surface area contributed by atoms with E-state index >= 15 is 0 Å². The van der Waals surface area contributed by atoms with Crippen LogP contribution in [0.1, 0.15) is 6.42 Å². The van der Waals surface area contributed by atoms with E-state index in [1.807, 2.05) is 23.0 Å². The number of benzene rings is 1. The van der Waals surface area contributed by atoms with Gasteiger partial charge in [-0.15, -0.1) is 16.9 Å². The maximum Gasteiger partial charge on any atom is 0.115 e. The average Bonchev–Trinajstić information content (AvgIpc) is 2.80. The highest BCUT2D eigenvalue weighted by atomic mass is 32.2. The zero-order valence-corrected chi connectivity index (χ0v) is 9.60. The van der Waals surface area contributed by atoms with Gasteiger partial charge in [0, 0.05) is 17.6 Å². The number of rotatable bonds is 5. The fourth-order valence-electron chi connectivity index (χ4n) is 1.31. The van der Waals surface area contributed by atoms with Crippen LogP contribution in [0.5, 0.6) is 5.75 Å². The van der Waals surface area contributed by atoms with Crippen molar-refractivity contribution >= 4 is 11.8 Å². The lowest BCUT2D eigenvalue weighted by atomic mass is 10.3. The van der Waals surface area contributed by atoms with Gasteiger partial charge in [-0.25, -0.2) is 0 Å². The number of phenolic OH excluding ortho intramolecular Hbond substituents is 1. The molecule has 0 aliphatic rings. The first-order valence-corrected chi connectivity index (χ1v) is 6.09. The van der Waals surface area contributed by atoms with E-state index in [0.29, 0.717) is 5.75 Å². The molecule has 1 N–H and O–H groups in total. The topological polar surface area (TPSA) is 50.9 Å². The van der Waals surface area contributed by atoms with Gasteiger partial charge in [0.15, 0.2) is 0 Å². The Balaban J connectivity index is 1.70. The average molecular weight is 235 g/mol. The second kappa shape index (κ2) is 5.55. The lowest BCUT2D eigenvalue weighted by Crippen LogP contribution is -1.99. The molecular weight excluding hydrogens is 222 g/mol. The Kier molecular flexibility index (Phi) is 3.82. The summed E-state index contributed by atoms with van der Waals surface area (Å²) in [6, 6.07) is 7.27. The fourth-order valence-corrected chi connectivity index (χ4v) is 2.15. The third-order valence-corrected chi connectivity index (χ3v) is 3.21. The molecule has 0 unspecified atom stereocenters. The molecule has 84 valence electrons. The van der Waals surface area contributed by atoms with Gasteiger partial charge in [0.05, 0.1) is 6.20 Å². The van der Waals surface area contributed by atoms with Gasteiger partial charge in [-0.1, -0.05) is 5.21 Å². The summed E-state index contributed by atoms with van der Waals surface area (Å²) in [6.45, 7) is 0.894. The van der Waals surface area contributed by atoms with Crippen molar-refractivity contribution in [1.82, 2.24) is 15.0 Å². The van der Waals surface area contributed by atoms with E-state index in [9.17, 15) is 0 Å². The first-order chi connectivity index (χ1) is 7.84. The summed E-state index contributed by atoms with van der Waals surface area (Å²) in [4.78, 5) is 1.18. The minimum Gasteiger partial charge on any atom is -0.508 e. The van der Waals surface area contributed by atoms with E-state index in [1.165, 1.54) is 4.90 Å². The molecule has 1 aromatic heterocycles. The normalized spacial score (nSPS) is 10.5. The van der Waals surface area contributed by atoms with Crippen molar-refractivity contribution in [2.75, 3.05) is 5.75 Å². The number of hydrogen-bond donors (Lipinski definition) is 1. The molecule has 0 fully saturated rings. The zero-order chi connectivity index (χ0) is 11.2. The van der Waals surface area contributed by atoms with E-state index in [1.54, 1.807) is 30.1 Å². The summed E-state index contributed by atoms with van der Waals surface area (Å²) in [7, 11) is 0. The molecule has 0 amide bonds. The van der Waals surface area contributed by atoms with Crippen LogP contribution in [0.3, 0.4) is 0 Å². The Hall–Kier alpha value is -1.49. The Morgan fingerprint density at radius 2 is 2.06 bits per heavy atom. The summed E-state index contributed by atoms with van der Waals surface area (Å²) in [5, 5.41) is 16.8. The third kappa shape index (κ3) is 3.27. The molecule has 0 saturated carbocycles. The van der Waals surface area contributed by atoms with Crippen LogP contribution in [0.2, 0.25) is 0 Å². The SMILES string of the molecule is Oc1ccc(SCCCn2ccnn2)cc1. The van der Waals surface area contributed by atoms with Crippen molar-refractivity contribution < 1.29 is 5.11 Å². The summed E-state index contributed by atoms with van der Waals surface area (Å²) >= 11 is 1.78. The van der Waals surface area contributed by atoms with Crippen LogP contribution in [0, 0.1) is 0 Å². The minimum absolute atomic E-state index is 0.312. The second-order valence-corrected chi connectivity index (χ2v) is 4.53. The highest BCUT2D eigenvalue weighted by Gasteiger charge is 1.96. The second-order valence-electron chi connectivity index (χ2n) is 3.36. The molecule has 5 heteroatoms. The first-order valence-electron chi connectivity index (χ1n) is 5.10. The van der Waals surface area contributed by atoms with Crippen molar-refractivity contribution in [1.29, 1.82) is 0 Å². The van der Waals surface area contributed by atoms with Gasteiger partial charge in [0.2, 0.25) is 0 Å². The highest BCUT2D eigenvalue weighted by Crippen LogP contribution is 2.21. The molecule has 0 radical (unpaired) electrons. The van der Waals surface area contributed by atoms with Crippen molar-refractivity contribution in [3.05, 3.63) is 36.7 Å². The molecule has 1 heterocycles. The predicted octanol–water partition coefficient (Wildman–Crippen LogP) is 2.17. The monoisotopic (exact) mass is 235 g/mol. The van der Waals surface area contributed by atoms with Gasteiger partial charge < -0.3 is 5.11 Å². The van der Waals surface area contributed by atoms with Crippen LogP contribution in [0.4, 0.5) is 0 Å². The van der Waals surface area contributed by atoms with E-state index in [0.717, 1.165) is 18.7 Å². The standard InChI is InChI=1S/C11H13N3OS/c15-10-2-4-11(5-3-10)16-9-1-7-14-8-6-12-13-14/h2-6,8,15H,1,7,9H2. The maximum atomic E-state index is 9.13. The van der Waals surface area contributed by atoms with Crippen LogP contribution in [-0.4, -0.2) is 25.9 Å². The van der Waals surface area contributed by atoms with Crippen molar-refractivity contribution in [3.8, 4) is 5.75 Å². The van der Waals surface area contributed by atoms with E-state index in [2.05, 4.69) is 10.3 Å². The molecule has 0 spiro atoms. The highest BCUT2D eigenvalue weighted by molar-refractivity contribution is 7.99. The van der Waals surface area contributed by atoms with Gasteiger partial charge >= 0.3 is 0 Å². The number of phenols is 1. The minimum atomic E-state index is 0.312. The van der Waals surface area contributed by atoms with Crippen LogP contribution < -0.4 is 0 Å². The van der Waals surface area contributed by atoms with Gasteiger partial charge in [0.25, 0.3) is 0 Å². The van der Waals surface area contributed by atoms with Crippen molar-refractivity contribution in [2.24, 2.45) is 0 Å². The fraction of sp³-hybridized carbons (Fsp3) is 0.273. The summed E-state index contributed by atoms with van der Waals surface area (Å²) in [5.74, 6) is 1.34. The molecule has 0 bridgehead atoms. The molecular formula is C11H13N3OS. The number of aromatic nitrogens is 3. The van der Waals surface area contributed by atoms with Crippen LogP contribution in [0.25, 0.3) is 0 Å². The summed E-state index contributed by atoms with van der Waals surface area (Å²) in [6.07, 6.45) is 4.60. The van der Waals surface area contributed by atoms with E-state index < -0.39 is 0 Å². The van der Waals surface area contributed by atoms with Crippen LogP contribution >= 0.6 is 11.8 Å². The number of aromatic hydroxyl groups is 1. The molecule has 1 aromatic carbocycles. The number of thioether (sulfide) groups is 1. The quantitative estimate of drug-likeness (QED) is 0.637. The molecule has 16 heavy (non-hydrogen) atoms. The van der Waals surface area contributed by atoms with Gasteiger partial charge in [-0.2, -0.15) is 0 Å². The van der Waals surface area contributed by atoms with Gasteiger partial charge in [0.1, 0.15) is 5.75 Å². The summed E-state index contributed by atoms with van der Waals surface area (Å²) < 4.78 is 1.83. The molecule has 0 saturated heterocycles. The smallest absolute Gasteiger partial charge is 0.115 e. The van der Waals surface area contributed by atoms with E-state index in [4.69, 9.17) is 5.11 Å². The summed E-state index contributed by atoms with van der Waals surface area (Å²) in [5.41, 5.74) is 0. The molecule has 4 nitrogen and oxygen atoms in total. The third-order valence-electron chi connectivity index (χ3n) is 2.11. The number of nitrogens with zero attached hydrogens (tertiary/aromatic N) is 3. The van der Waals surface area contributed by atoms with Crippen LogP contribution in [-0.2, 0) is 6.54 Å². The zero-order valence-electron chi connectivity index (χ0n) is 8.78. The Morgan fingerprint density at radius 1 is 1.25 bits per heavy atom. The lowest BCUT2D eigenvalue weighted by Gasteiger charge is -2.02. The molecule has 2 aromatic rings. The molecule has 0 atom stereocenters. The largest absolute Gasteiger partial charge is 0.508 e. The Morgan fingerprint density at radius 3 is 2.75 bits per heavy atom. The maximum absolute atomic E-state index is 9.13. The Labute approximate surface area is 98.3 Å². The molecule has 0 aliphatic carbocycles. The predicted molar refractivity (Wildman–Crippen MR) is 63.5 cm³/mol. The molecule has 0 aliphatic heterocycles. The number of hydrogen-bond acceptors (Lipinski definition) is 4. The molecule has 2 rings (SSSR count). The van der Waals surface area contributed by atoms with E-state index in [-0.39, 0.29) is 0 Å². The number of aryl methyl sites for hydroxylation is 1. The van der Waals surface area contributed by atoms with Crippen LogP contribution in [0.15, 0.2) is 41.6 Å². The van der Waals surface area contributed by atoms with Gasteiger partial charge in [-0.05, 0) is 36.4 Å². The van der Waals surface area contributed by atoms with Gasteiger partial charge in [-0.3, -0.25) is 4.68 Å². The van der Waals surface area contributed by atoms with Crippen molar-refractivity contribution in [3.63, 3.8) is 0 Å².